The van der Waals surface area contributed by atoms with Gasteiger partial charge in [0.1, 0.15) is 12.3 Å². The summed E-state index contributed by atoms with van der Waals surface area (Å²) in [6.45, 7) is 0. The molecule has 74 valence electrons. The molecule has 0 radical (unpaired) electrons. The summed E-state index contributed by atoms with van der Waals surface area (Å²) in [7, 11) is 0. The van der Waals surface area contributed by atoms with Crippen molar-refractivity contribution < 1.29 is 14.7 Å². The number of hydrogen-bond acceptors (Lipinski definition) is 3. The van der Waals surface area contributed by atoms with Crippen LogP contribution in [0.2, 0.25) is 0 Å². The number of aliphatic carboxylic acids is 1. The van der Waals surface area contributed by atoms with Gasteiger partial charge in [0.2, 0.25) is 0 Å². The van der Waals surface area contributed by atoms with Gasteiger partial charge in [-0.15, -0.1) is 0 Å². The molecule has 1 rings (SSSR count). The number of carboxylic acid groups (broad SMARTS) is 1. The molecule has 0 aliphatic carbocycles. The Labute approximate surface area is 81.3 Å². The van der Waals surface area contributed by atoms with E-state index in [1.54, 1.807) is 24.3 Å². The fourth-order valence-corrected chi connectivity index (χ4v) is 1.07. The van der Waals surface area contributed by atoms with Crippen LogP contribution in [0, 0.1) is 0 Å². The molecule has 14 heavy (non-hydrogen) atoms. The second-order valence-corrected chi connectivity index (χ2v) is 3.01. The summed E-state index contributed by atoms with van der Waals surface area (Å²) in [5, 5.41) is 8.56. The molecule has 0 aliphatic rings. The van der Waals surface area contributed by atoms with Crippen molar-refractivity contribution >= 4 is 12.3 Å². The Morgan fingerprint density at radius 1 is 1.43 bits per heavy atom. The molecular formula is C10H11NO3. The van der Waals surface area contributed by atoms with Crippen molar-refractivity contribution in [1.82, 2.24) is 0 Å². The standard InChI is InChI=1S/C10H11NO3/c11-9(10(13)14)5-7-1-3-8(6-12)4-2-7/h1-4,6,9H,5,11H2,(H,13,14)/t9-/m0/s1. The van der Waals surface area contributed by atoms with Gasteiger partial charge in [0.25, 0.3) is 0 Å². The molecule has 0 fully saturated rings. The Bertz CT molecular complexity index is 332. The third-order valence-corrected chi connectivity index (χ3v) is 1.89. The Morgan fingerprint density at radius 2 is 2.00 bits per heavy atom. The molecule has 0 spiro atoms. The molecule has 1 atom stereocenters. The summed E-state index contributed by atoms with van der Waals surface area (Å²) in [5.74, 6) is -1.02. The van der Waals surface area contributed by atoms with E-state index < -0.39 is 12.0 Å². The van der Waals surface area contributed by atoms with Crippen molar-refractivity contribution in [2.75, 3.05) is 0 Å². The SMILES string of the molecule is N[C@@H](Cc1ccc(C=O)cc1)C(=O)O. The van der Waals surface area contributed by atoms with Gasteiger partial charge in [-0.25, -0.2) is 0 Å². The average molecular weight is 193 g/mol. The zero-order chi connectivity index (χ0) is 10.6. The molecule has 3 N–H and O–H groups in total. The number of carbonyl (C=O) groups is 2. The second kappa shape index (κ2) is 4.53. The van der Waals surface area contributed by atoms with Crippen LogP contribution in [-0.2, 0) is 11.2 Å². The largest absolute Gasteiger partial charge is 0.480 e. The number of carboxylic acids is 1. The van der Waals surface area contributed by atoms with Crippen molar-refractivity contribution in [2.24, 2.45) is 5.73 Å². The van der Waals surface area contributed by atoms with E-state index in [0.29, 0.717) is 5.56 Å². The molecule has 0 heterocycles. The minimum absolute atomic E-state index is 0.272. The third kappa shape index (κ3) is 2.67. The molecule has 0 aromatic heterocycles. The normalized spacial score (nSPS) is 12.1. The molecule has 4 heteroatoms. The fourth-order valence-electron chi connectivity index (χ4n) is 1.07. The first-order chi connectivity index (χ1) is 6.63. The summed E-state index contributed by atoms with van der Waals surface area (Å²) >= 11 is 0. The van der Waals surface area contributed by atoms with Crippen molar-refractivity contribution in [1.29, 1.82) is 0 Å². The fraction of sp³-hybridized carbons (Fsp3) is 0.200. The summed E-state index contributed by atoms with van der Waals surface area (Å²) < 4.78 is 0. The van der Waals surface area contributed by atoms with Crippen molar-refractivity contribution in [3.63, 3.8) is 0 Å². The highest BCUT2D eigenvalue weighted by atomic mass is 16.4. The molecular weight excluding hydrogens is 182 g/mol. The molecule has 4 nitrogen and oxygen atoms in total. The van der Waals surface area contributed by atoms with Gasteiger partial charge in [0, 0.05) is 5.56 Å². The average Bonchev–Trinajstić information content (AvgIpc) is 2.19. The predicted octanol–water partition coefficient (Wildman–Crippen LogP) is 0.453. The van der Waals surface area contributed by atoms with E-state index in [9.17, 15) is 9.59 Å². The third-order valence-electron chi connectivity index (χ3n) is 1.89. The smallest absolute Gasteiger partial charge is 0.320 e. The highest BCUT2D eigenvalue weighted by Crippen LogP contribution is 2.04. The minimum Gasteiger partial charge on any atom is -0.480 e. The number of carbonyl (C=O) groups excluding carboxylic acids is 1. The first-order valence-corrected chi connectivity index (χ1v) is 4.16. The van der Waals surface area contributed by atoms with Crippen LogP contribution in [0.25, 0.3) is 0 Å². The number of nitrogens with two attached hydrogens (primary N) is 1. The van der Waals surface area contributed by atoms with Gasteiger partial charge < -0.3 is 10.8 Å². The maximum absolute atomic E-state index is 10.4. The van der Waals surface area contributed by atoms with E-state index >= 15 is 0 Å². The van der Waals surface area contributed by atoms with Gasteiger partial charge in [-0.3, -0.25) is 9.59 Å². The van der Waals surface area contributed by atoms with Crippen molar-refractivity contribution in [2.45, 2.75) is 12.5 Å². The van der Waals surface area contributed by atoms with Crippen LogP contribution in [0.5, 0.6) is 0 Å². The van der Waals surface area contributed by atoms with E-state index in [0.717, 1.165) is 11.8 Å². The van der Waals surface area contributed by atoms with E-state index in [-0.39, 0.29) is 6.42 Å². The molecule has 0 bridgehead atoms. The molecule has 0 saturated heterocycles. The van der Waals surface area contributed by atoms with Crippen LogP contribution in [-0.4, -0.2) is 23.4 Å². The molecule has 0 amide bonds. The van der Waals surface area contributed by atoms with E-state index in [2.05, 4.69) is 0 Å². The highest BCUT2D eigenvalue weighted by Gasteiger charge is 2.11. The predicted molar refractivity (Wildman–Crippen MR) is 51.1 cm³/mol. The van der Waals surface area contributed by atoms with Gasteiger partial charge >= 0.3 is 5.97 Å². The lowest BCUT2D eigenvalue weighted by molar-refractivity contribution is -0.138. The van der Waals surface area contributed by atoms with Crippen LogP contribution in [0.4, 0.5) is 0 Å². The molecule has 0 aliphatic heterocycles. The van der Waals surface area contributed by atoms with Gasteiger partial charge in [-0.05, 0) is 12.0 Å². The topological polar surface area (TPSA) is 80.4 Å². The van der Waals surface area contributed by atoms with Gasteiger partial charge in [0.05, 0.1) is 0 Å². The summed E-state index contributed by atoms with van der Waals surface area (Å²) in [5.41, 5.74) is 6.73. The van der Waals surface area contributed by atoms with Crippen LogP contribution in [0.1, 0.15) is 15.9 Å². The van der Waals surface area contributed by atoms with E-state index in [1.165, 1.54) is 0 Å². The van der Waals surface area contributed by atoms with Crippen LogP contribution < -0.4 is 5.73 Å². The van der Waals surface area contributed by atoms with Crippen LogP contribution >= 0.6 is 0 Å². The maximum atomic E-state index is 10.4. The molecule has 0 unspecified atom stereocenters. The summed E-state index contributed by atoms with van der Waals surface area (Å²) in [6.07, 6.45) is 1.01. The van der Waals surface area contributed by atoms with Crippen molar-refractivity contribution in [3.8, 4) is 0 Å². The Balaban J connectivity index is 2.68. The lowest BCUT2D eigenvalue weighted by Gasteiger charge is -2.05. The zero-order valence-corrected chi connectivity index (χ0v) is 7.51. The van der Waals surface area contributed by atoms with Crippen LogP contribution in [0.3, 0.4) is 0 Å². The number of aldehydes is 1. The Morgan fingerprint density at radius 3 is 2.43 bits per heavy atom. The summed E-state index contributed by atoms with van der Waals surface area (Å²) in [4.78, 5) is 20.8. The van der Waals surface area contributed by atoms with Gasteiger partial charge in [0.15, 0.2) is 0 Å². The minimum atomic E-state index is -1.02. The van der Waals surface area contributed by atoms with Crippen LogP contribution in [0.15, 0.2) is 24.3 Å². The van der Waals surface area contributed by atoms with E-state index in [4.69, 9.17) is 10.8 Å². The van der Waals surface area contributed by atoms with Gasteiger partial charge in [-0.1, -0.05) is 24.3 Å². The maximum Gasteiger partial charge on any atom is 0.320 e. The first-order valence-electron chi connectivity index (χ1n) is 4.16. The zero-order valence-electron chi connectivity index (χ0n) is 7.51. The number of benzene rings is 1. The van der Waals surface area contributed by atoms with Gasteiger partial charge in [-0.2, -0.15) is 0 Å². The molecule has 1 aromatic carbocycles. The monoisotopic (exact) mass is 193 g/mol. The Kier molecular flexibility index (Phi) is 3.36. The lowest BCUT2D eigenvalue weighted by atomic mass is 10.1. The lowest BCUT2D eigenvalue weighted by Crippen LogP contribution is -2.32. The van der Waals surface area contributed by atoms with E-state index in [1.807, 2.05) is 0 Å². The Hall–Kier alpha value is -1.68. The van der Waals surface area contributed by atoms with Crippen molar-refractivity contribution in [3.05, 3.63) is 35.4 Å². The summed E-state index contributed by atoms with van der Waals surface area (Å²) in [6, 6.07) is 5.78. The first kappa shape index (κ1) is 10.4. The highest BCUT2D eigenvalue weighted by molar-refractivity contribution is 5.75. The quantitative estimate of drug-likeness (QED) is 0.680. The molecule has 1 aromatic rings. The number of rotatable bonds is 4. The number of hydrogen-bond donors (Lipinski definition) is 2. The second-order valence-electron chi connectivity index (χ2n) is 3.01. The molecule has 0 saturated carbocycles.